The van der Waals surface area contributed by atoms with Gasteiger partial charge in [-0.1, -0.05) is 20.8 Å². The second-order valence-electron chi connectivity index (χ2n) is 6.66. The summed E-state index contributed by atoms with van der Waals surface area (Å²) in [5.74, 6) is -0.162. The number of nitrogen functional groups attached to an aromatic ring is 1. The highest BCUT2D eigenvalue weighted by atomic mass is 16.1. The van der Waals surface area contributed by atoms with E-state index in [0.717, 1.165) is 22.3 Å². The summed E-state index contributed by atoms with van der Waals surface area (Å²) < 4.78 is 0. The second kappa shape index (κ2) is 5.43. The van der Waals surface area contributed by atoms with Crippen molar-refractivity contribution in [2.75, 3.05) is 11.1 Å². The van der Waals surface area contributed by atoms with Gasteiger partial charge in [-0.25, -0.2) is 0 Å². The number of rotatable bonds is 2. The summed E-state index contributed by atoms with van der Waals surface area (Å²) in [4.78, 5) is 12.3. The topological polar surface area (TPSA) is 83.8 Å². The van der Waals surface area contributed by atoms with Crippen LogP contribution in [0.25, 0.3) is 10.9 Å². The third kappa shape index (κ3) is 3.04. The number of aromatic amines is 1. The minimum Gasteiger partial charge on any atom is -0.399 e. The predicted molar refractivity (Wildman–Crippen MR) is 93.6 cm³/mol. The lowest BCUT2D eigenvalue weighted by Crippen LogP contribution is -2.13. The van der Waals surface area contributed by atoms with Crippen LogP contribution in [0, 0.1) is 0 Å². The lowest BCUT2D eigenvalue weighted by Gasteiger charge is -2.16. The van der Waals surface area contributed by atoms with E-state index in [-0.39, 0.29) is 11.3 Å². The van der Waals surface area contributed by atoms with Crippen molar-refractivity contribution < 1.29 is 4.79 Å². The number of aromatic nitrogens is 2. The van der Waals surface area contributed by atoms with Gasteiger partial charge in [-0.05, 0) is 42.5 Å². The summed E-state index contributed by atoms with van der Waals surface area (Å²) in [5, 5.41) is 11.4. The molecule has 0 bridgehead atoms. The number of benzene rings is 2. The van der Waals surface area contributed by atoms with Crippen LogP contribution in [-0.2, 0) is 5.41 Å². The second-order valence-corrected chi connectivity index (χ2v) is 6.66. The maximum Gasteiger partial charge on any atom is 0.255 e. The molecule has 0 saturated carbocycles. The zero-order valence-corrected chi connectivity index (χ0v) is 13.5. The largest absolute Gasteiger partial charge is 0.399 e. The fourth-order valence-corrected chi connectivity index (χ4v) is 2.50. The number of nitrogens with zero attached hydrogens (tertiary/aromatic N) is 1. The van der Waals surface area contributed by atoms with Gasteiger partial charge in [-0.15, -0.1) is 0 Å². The molecule has 5 heteroatoms. The van der Waals surface area contributed by atoms with Crippen LogP contribution in [0.15, 0.2) is 42.5 Å². The van der Waals surface area contributed by atoms with E-state index in [2.05, 4.69) is 36.3 Å². The van der Waals surface area contributed by atoms with Crippen LogP contribution < -0.4 is 11.1 Å². The first kappa shape index (κ1) is 15.1. The lowest BCUT2D eigenvalue weighted by molar-refractivity contribution is 0.102. The molecule has 4 N–H and O–H groups in total. The number of carbonyl (C=O) groups is 1. The summed E-state index contributed by atoms with van der Waals surface area (Å²) in [6.45, 7) is 6.37. The van der Waals surface area contributed by atoms with Gasteiger partial charge in [0.25, 0.3) is 5.91 Å². The van der Waals surface area contributed by atoms with Gasteiger partial charge in [0, 0.05) is 33.4 Å². The van der Waals surface area contributed by atoms with Crippen molar-refractivity contribution in [1.29, 1.82) is 0 Å². The van der Waals surface area contributed by atoms with Crippen molar-refractivity contribution in [1.82, 2.24) is 10.2 Å². The van der Waals surface area contributed by atoms with Gasteiger partial charge in [-0.2, -0.15) is 5.10 Å². The number of nitrogens with two attached hydrogens (primary N) is 1. The lowest BCUT2D eigenvalue weighted by atomic mass is 9.90. The monoisotopic (exact) mass is 308 g/mol. The number of H-pyrrole nitrogens is 1. The minimum absolute atomic E-state index is 0.0473. The zero-order chi connectivity index (χ0) is 16.6. The molecular formula is C18H20N4O. The first-order valence-corrected chi connectivity index (χ1v) is 7.50. The molecule has 5 nitrogen and oxygen atoms in total. The van der Waals surface area contributed by atoms with E-state index in [1.807, 2.05) is 18.2 Å². The Morgan fingerprint density at radius 2 is 1.83 bits per heavy atom. The van der Waals surface area contributed by atoms with Gasteiger partial charge >= 0.3 is 0 Å². The molecule has 2 aromatic carbocycles. The summed E-state index contributed by atoms with van der Waals surface area (Å²) in [7, 11) is 0. The van der Waals surface area contributed by atoms with Crippen LogP contribution in [0.3, 0.4) is 0 Å². The number of hydrogen-bond donors (Lipinski definition) is 3. The molecule has 0 unspecified atom stereocenters. The number of nitrogens with one attached hydrogen (secondary N) is 2. The maximum absolute atomic E-state index is 12.3. The van der Waals surface area contributed by atoms with E-state index in [9.17, 15) is 4.79 Å². The molecule has 0 atom stereocenters. The predicted octanol–water partition coefficient (Wildman–Crippen LogP) is 3.69. The van der Waals surface area contributed by atoms with Crippen LogP contribution in [0.5, 0.6) is 0 Å². The Labute approximate surface area is 134 Å². The summed E-state index contributed by atoms with van der Waals surface area (Å²) >= 11 is 0. The summed E-state index contributed by atoms with van der Waals surface area (Å²) in [6.07, 6.45) is 0. The smallest absolute Gasteiger partial charge is 0.255 e. The van der Waals surface area contributed by atoms with Crippen LogP contribution in [0.2, 0.25) is 0 Å². The molecule has 1 aromatic heterocycles. The highest BCUT2D eigenvalue weighted by Gasteiger charge is 2.20. The molecule has 0 spiro atoms. The highest BCUT2D eigenvalue weighted by Crippen LogP contribution is 2.29. The van der Waals surface area contributed by atoms with Gasteiger partial charge in [0.1, 0.15) is 0 Å². The number of fused-ring (bicyclic) bond motifs is 1. The van der Waals surface area contributed by atoms with Crippen molar-refractivity contribution in [3.8, 4) is 0 Å². The van der Waals surface area contributed by atoms with E-state index in [0.29, 0.717) is 11.3 Å². The molecule has 0 aliphatic heterocycles. The Kier molecular flexibility index (Phi) is 3.56. The van der Waals surface area contributed by atoms with E-state index in [1.54, 1.807) is 24.3 Å². The summed E-state index contributed by atoms with van der Waals surface area (Å²) in [6, 6.07) is 12.6. The molecule has 0 fully saturated rings. The zero-order valence-electron chi connectivity index (χ0n) is 13.5. The Morgan fingerprint density at radius 1 is 1.13 bits per heavy atom. The van der Waals surface area contributed by atoms with E-state index >= 15 is 0 Å². The van der Waals surface area contributed by atoms with Crippen LogP contribution in [-0.4, -0.2) is 16.1 Å². The van der Waals surface area contributed by atoms with Crippen LogP contribution >= 0.6 is 0 Å². The van der Waals surface area contributed by atoms with Gasteiger partial charge in [-0.3, -0.25) is 9.89 Å². The molecule has 0 saturated heterocycles. The molecular weight excluding hydrogens is 288 g/mol. The first-order valence-electron chi connectivity index (χ1n) is 7.50. The standard InChI is InChI=1S/C18H20N4O/c1-18(2,3)16-14-10-13(8-9-15(14)21-22-16)20-17(23)11-4-6-12(19)7-5-11/h4-10H,19H2,1-3H3,(H,20,23)(H,21,22). The highest BCUT2D eigenvalue weighted by molar-refractivity contribution is 6.05. The third-order valence-corrected chi connectivity index (χ3v) is 3.73. The normalized spacial score (nSPS) is 11.6. The fourth-order valence-electron chi connectivity index (χ4n) is 2.50. The maximum atomic E-state index is 12.3. The van der Waals surface area contributed by atoms with Crippen molar-refractivity contribution in [2.24, 2.45) is 0 Å². The Hall–Kier alpha value is -2.82. The van der Waals surface area contributed by atoms with E-state index in [1.165, 1.54) is 0 Å². The Bertz CT molecular complexity index is 857. The number of anilines is 2. The number of hydrogen-bond acceptors (Lipinski definition) is 3. The van der Waals surface area contributed by atoms with Crippen LogP contribution in [0.1, 0.15) is 36.8 Å². The van der Waals surface area contributed by atoms with Gasteiger partial charge in [0.2, 0.25) is 0 Å². The SMILES string of the molecule is CC(C)(C)c1[nH]nc2ccc(NC(=O)c3ccc(N)cc3)cc12. The summed E-state index contributed by atoms with van der Waals surface area (Å²) in [5.41, 5.74) is 9.49. The number of amides is 1. The average Bonchev–Trinajstić information content (AvgIpc) is 2.91. The minimum atomic E-state index is -0.162. The van der Waals surface area contributed by atoms with Crippen molar-refractivity contribution in [3.63, 3.8) is 0 Å². The van der Waals surface area contributed by atoms with Crippen LogP contribution in [0.4, 0.5) is 11.4 Å². The van der Waals surface area contributed by atoms with Gasteiger partial charge in [0.05, 0.1) is 5.52 Å². The molecule has 3 aromatic rings. The third-order valence-electron chi connectivity index (χ3n) is 3.73. The number of carbonyl (C=O) groups excluding carboxylic acids is 1. The Balaban J connectivity index is 1.91. The quantitative estimate of drug-likeness (QED) is 0.631. The van der Waals surface area contributed by atoms with E-state index < -0.39 is 0 Å². The average molecular weight is 308 g/mol. The fraction of sp³-hybridized carbons (Fsp3) is 0.222. The van der Waals surface area contributed by atoms with Gasteiger partial charge < -0.3 is 11.1 Å². The first-order chi connectivity index (χ1) is 10.8. The molecule has 118 valence electrons. The van der Waals surface area contributed by atoms with Crippen molar-refractivity contribution in [2.45, 2.75) is 26.2 Å². The van der Waals surface area contributed by atoms with Crippen molar-refractivity contribution >= 4 is 28.2 Å². The molecule has 1 heterocycles. The molecule has 1 amide bonds. The van der Waals surface area contributed by atoms with E-state index in [4.69, 9.17) is 5.73 Å². The van der Waals surface area contributed by atoms with Gasteiger partial charge in [0.15, 0.2) is 0 Å². The van der Waals surface area contributed by atoms with Crippen molar-refractivity contribution in [3.05, 3.63) is 53.7 Å². The molecule has 3 rings (SSSR count). The molecule has 0 aliphatic rings. The molecule has 0 radical (unpaired) electrons. The molecule has 0 aliphatic carbocycles. The Morgan fingerprint density at radius 3 is 2.48 bits per heavy atom. The molecule has 23 heavy (non-hydrogen) atoms.